The number of esters is 1. The lowest BCUT2D eigenvalue weighted by Gasteiger charge is -2.16. The van der Waals surface area contributed by atoms with Crippen LogP contribution in [0, 0.1) is 0 Å². The molecule has 0 spiro atoms. The highest BCUT2D eigenvalue weighted by Gasteiger charge is 2.19. The first-order valence-corrected chi connectivity index (χ1v) is 6.33. The second-order valence-electron chi connectivity index (χ2n) is 3.91. The van der Waals surface area contributed by atoms with E-state index in [9.17, 15) is 9.59 Å². The lowest BCUT2D eigenvalue weighted by molar-refractivity contribution is -0.150. The first-order chi connectivity index (χ1) is 9.49. The van der Waals surface area contributed by atoms with Gasteiger partial charge >= 0.3 is 11.9 Å². The van der Waals surface area contributed by atoms with E-state index in [0.29, 0.717) is 12.4 Å². The van der Waals surface area contributed by atoms with Gasteiger partial charge in [-0.05, 0) is 39.0 Å². The van der Waals surface area contributed by atoms with Gasteiger partial charge in [0.1, 0.15) is 0 Å². The summed E-state index contributed by atoms with van der Waals surface area (Å²) in [6.07, 6.45) is -0.801. The van der Waals surface area contributed by atoms with Crippen LogP contribution in [-0.4, -0.2) is 36.4 Å². The standard InChI is InChI=1S/C14H18O6/c1-4-18-12-8-10(13(15)16)6-7-11(12)20-9(3)14(17)19-5-2/h6-9H,4-5H2,1-3H3,(H,15,16). The zero-order valence-corrected chi connectivity index (χ0v) is 11.7. The molecule has 0 aromatic heterocycles. The van der Waals surface area contributed by atoms with E-state index < -0.39 is 18.0 Å². The summed E-state index contributed by atoms with van der Waals surface area (Å²) in [6.45, 7) is 5.65. The van der Waals surface area contributed by atoms with E-state index in [1.807, 2.05) is 0 Å². The molecule has 1 N–H and O–H groups in total. The van der Waals surface area contributed by atoms with Crippen LogP contribution < -0.4 is 9.47 Å². The number of carboxylic acids is 1. The molecule has 110 valence electrons. The average molecular weight is 282 g/mol. The van der Waals surface area contributed by atoms with E-state index in [1.165, 1.54) is 18.2 Å². The Labute approximate surface area is 117 Å². The SMILES string of the molecule is CCOC(=O)C(C)Oc1ccc(C(=O)O)cc1OCC. The predicted molar refractivity (Wildman–Crippen MR) is 71.3 cm³/mol. The van der Waals surface area contributed by atoms with E-state index in [1.54, 1.807) is 20.8 Å². The summed E-state index contributed by atoms with van der Waals surface area (Å²) >= 11 is 0. The normalized spacial score (nSPS) is 11.6. The van der Waals surface area contributed by atoms with Crippen molar-refractivity contribution in [2.24, 2.45) is 0 Å². The molecule has 0 aliphatic rings. The van der Waals surface area contributed by atoms with Gasteiger partial charge in [0, 0.05) is 0 Å². The quantitative estimate of drug-likeness (QED) is 0.771. The number of benzene rings is 1. The molecule has 1 unspecified atom stereocenters. The lowest BCUT2D eigenvalue weighted by atomic mass is 10.2. The smallest absolute Gasteiger partial charge is 0.347 e. The molecule has 20 heavy (non-hydrogen) atoms. The summed E-state index contributed by atoms with van der Waals surface area (Å²) in [5.74, 6) is -0.964. The molecule has 6 heteroatoms. The molecular formula is C14H18O6. The van der Waals surface area contributed by atoms with Gasteiger partial charge in [0.15, 0.2) is 17.6 Å². The fourth-order valence-electron chi connectivity index (χ4n) is 1.50. The van der Waals surface area contributed by atoms with Crippen molar-refractivity contribution in [1.82, 2.24) is 0 Å². The minimum Gasteiger partial charge on any atom is -0.490 e. The second-order valence-corrected chi connectivity index (χ2v) is 3.91. The molecule has 0 radical (unpaired) electrons. The second kappa shape index (κ2) is 7.37. The van der Waals surface area contributed by atoms with Crippen molar-refractivity contribution in [3.05, 3.63) is 23.8 Å². The van der Waals surface area contributed by atoms with Crippen molar-refractivity contribution < 1.29 is 28.9 Å². The summed E-state index contributed by atoms with van der Waals surface area (Å²) in [5.41, 5.74) is 0.0876. The first kappa shape index (κ1) is 15.8. The van der Waals surface area contributed by atoms with Crippen LogP contribution in [-0.2, 0) is 9.53 Å². The summed E-state index contributed by atoms with van der Waals surface area (Å²) in [7, 11) is 0. The summed E-state index contributed by atoms with van der Waals surface area (Å²) in [5, 5.41) is 8.94. The highest BCUT2D eigenvalue weighted by atomic mass is 16.6. The minimum atomic E-state index is -1.06. The fraction of sp³-hybridized carbons (Fsp3) is 0.429. The summed E-state index contributed by atoms with van der Waals surface area (Å²) in [4.78, 5) is 22.4. The molecule has 0 fully saturated rings. The van der Waals surface area contributed by atoms with Gasteiger partial charge in [0.2, 0.25) is 0 Å². The number of hydrogen-bond donors (Lipinski definition) is 1. The number of rotatable bonds is 7. The highest BCUT2D eigenvalue weighted by Crippen LogP contribution is 2.29. The minimum absolute atomic E-state index is 0.0876. The molecule has 0 heterocycles. The molecule has 0 aliphatic carbocycles. The third-order valence-electron chi connectivity index (χ3n) is 2.41. The van der Waals surface area contributed by atoms with Crippen molar-refractivity contribution in [2.75, 3.05) is 13.2 Å². The average Bonchev–Trinajstić information content (AvgIpc) is 2.40. The third kappa shape index (κ3) is 4.15. The van der Waals surface area contributed by atoms with Crippen molar-refractivity contribution in [2.45, 2.75) is 26.9 Å². The van der Waals surface area contributed by atoms with Gasteiger partial charge in [0.25, 0.3) is 0 Å². The van der Waals surface area contributed by atoms with Crippen LogP contribution in [0.5, 0.6) is 11.5 Å². The van der Waals surface area contributed by atoms with Gasteiger partial charge in [0.05, 0.1) is 18.8 Å². The van der Waals surface area contributed by atoms with Crippen molar-refractivity contribution in [3.63, 3.8) is 0 Å². The Balaban J connectivity index is 2.93. The summed E-state index contributed by atoms with van der Waals surface area (Å²) in [6, 6.07) is 4.21. The first-order valence-electron chi connectivity index (χ1n) is 6.33. The van der Waals surface area contributed by atoms with Crippen LogP contribution in [0.15, 0.2) is 18.2 Å². The molecule has 6 nitrogen and oxygen atoms in total. The Hall–Kier alpha value is -2.24. The van der Waals surface area contributed by atoms with Crippen LogP contribution in [0.3, 0.4) is 0 Å². The van der Waals surface area contributed by atoms with E-state index in [4.69, 9.17) is 19.3 Å². The van der Waals surface area contributed by atoms with Crippen LogP contribution >= 0.6 is 0 Å². The van der Waals surface area contributed by atoms with Gasteiger partial charge in [-0.25, -0.2) is 9.59 Å². The maximum absolute atomic E-state index is 11.5. The molecular weight excluding hydrogens is 264 g/mol. The molecule has 1 aromatic carbocycles. The van der Waals surface area contributed by atoms with E-state index >= 15 is 0 Å². The maximum Gasteiger partial charge on any atom is 0.347 e. The lowest BCUT2D eigenvalue weighted by Crippen LogP contribution is -2.26. The number of carbonyl (C=O) groups is 2. The maximum atomic E-state index is 11.5. The van der Waals surface area contributed by atoms with Crippen LogP contribution in [0.25, 0.3) is 0 Å². The van der Waals surface area contributed by atoms with Crippen LogP contribution in [0.1, 0.15) is 31.1 Å². The zero-order chi connectivity index (χ0) is 15.1. The van der Waals surface area contributed by atoms with Crippen molar-refractivity contribution in [3.8, 4) is 11.5 Å². The van der Waals surface area contributed by atoms with E-state index in [2.05, 4.69) is 0 Å². The predicted octanol–water partition coefficient (Wildman–Crippen LogP) is 2.11. The van der Waals surface area contributed by atoms with Gasteiger partial charge in [-0.15, -0.1) is 0 Å². The molecule has 1 rings (SSSR count). The topological polar surface area (TPSA) is 82.1 Å². The number of aromatic carboxylic acids is 1. The summed E-state index contributed by atoms with van der Waals surface area (Å²) < 4.78 is 15.6. The number of ether oxygens (including phenoxy) is 3. The fourth-order valence-corrected chi connectivity index (χ4v) is 1.50. The molecule has 0 bridgehead atoms. The van der Waals surface area contributed by atoms with Gasteiger partial charge in [-0.2, -0.15) is 0 Å². The molecule has 1 atom stereocenters. The molecule has 0 saturated heterocycles. The van der Waals surface area contributed by atoms with Gasteiger partial charge < -0.3 is 19.3 Å². The Bertz CT molecular complexity index is 483. The van der Waals surface area contributed by atoms with Gasteiger partial charge in [-0.3, -0.25) is 0 Å². The van der Waals surface area contributed by atoms with Crippen LogP contribution in [0.4, 0.5) is 0 Å². The van der Waals surface area contributed by atoms with Crippen molar-refractivity contribution >= 4 is 11.9 Å². The molecule has 0 saturated carbocycles. The number of carbonyl (C=O) groups excluding carboxylic acids is 1. The molecule has 0 amide bonds. The Morgan fingerprint density at radius 2 is 1.90 bits per heavy atom. The Morgan fingerprint density at radius 1 is 1.20 bits per heavy atom. The van der Waals surface area contributed by atoms with Crippen molar-refractivity contribution in [1.29, 1.82) is 0 Å². The van der Waals surface area contributed by atoms with E-state index in [0.717, 1.165) is 0 Å². The van der Waals surface area contributed by atoms with Gasteiger partial charge in [-0.1, -0.05) is 0 Å². The monoisotopic (exact) mass is 282 g/mol. The molecule has 0 aliphatic heterocycles. The third-order valence-corrected chi connectivity index (χ3v) is 2.41. The largest absolute Gasteiger partial charge is 0.490 e. The van der Waals surface area contributed by atoms with E-state index in [-0.39, 0.29) is 17.9 Å². The zero-order valence-electron chi connectivity index (χ0n) is 11.7. The Morgan fingerprint density at radius 3 is 2.45 bits per heavy atom. The number of carboxylic acid groups (broad SMARTS) is 1. The number of hydrogen-bond acceptors (Lipinski definition) is 5. The Kier molecular flexibility index (Phi) is 5.83. The highest BCUT2D eigenvalue weighted by molar-refractivity contribution is 5.88. The molecule has 1 aromatic rings. The van der Waals surface area contributed by atoms with Crippen LogP contribution in [0.2, 0.25) is 0 Å².